The fourth-order valence-corrected chi connectivity index (χ4v) is 5.85. The largest absolute Gasteiger partial charge is 0.376 e. The molecule has 0 saturated carbocycles. The predicted molar refractivity (Wildman–Crippen MR) is 107 cm³/mol. The number of nitrogens with zero attached hydrogens (tertiary/aromatic N) is 2. The first-order valence-electron chi connectivity index (χ1n) is 9.27. The second-order valence-electron chi connectivity index (χ2n) is 7.46. The van der Waals surface area contributed by atoms with Gasteiger partial charge in [-0.05, 0) is 64.6 Å². The molecule has 0 spiro atoms. The van der Waals surface area contributed by atoms with Gasteiger partial charge >= 0.3 is 0 Å². The van der Waals surface area contributed by atoms with Crippen LogP contribution in [0.3, 0.4) is 0 Å². The third kappa shape index (κ3) is 1.95. The molecule has 3 nitrogen and oxygen atoms in total. The second kappa shape index (κ2) is 5.43. The fraction of sp³-hybridized carbons (Fsp3) is 0.273. The lowest BCUT2D eigenvalue weighted by Crippen LogP contribution is -2.39. The van der Waals surface area contributed by atoms with Gasteiger partial charge in [-0.3, -0.25) is 4.90 Å². The molecule has 6 rings (SSSR count). The van der Waals surface area contributed by atoms with Crippen molar-refractivity contribution in [2.45, 2.75) is 32.2 Å². The van der Waals surface area contributed by atoms with Gasteiger partial charge in [-0.25, -0.2) is 0 Å². The van der Waals surface area contributed by atoms with Crippen molar-refractivity contribution < 1.29 is 5.11 Å². The van der Waals surface area contributed by atoms with Crippen molar-refractivity contribution in [3.05, 3.63) is 70.2 Å². The summed E-state index contributed by atoms with van der Waals surface area (Å²) in [5.41, 5.74) is 6.92. The van der Waals surface area contributed by atoms with Crippen LogP contribution in [-0.4, -0.2) is 21.1 Å². The molecule has 0 saturated heterocycles. The van der Waals surface area contributed by atoms with Crippen LogP contribution in [0.5, 0.6) is 0 Å². The Balaban J connectivity index is 1.54. The van der Waals surface area contributed by atoms with E-state index in [9.17, 15) is 5.11 Å². The highest BCUT2D eigenvalue weighted by molar-refractivity contribution is 7.17. The van der Waals surface area contributed by atoms with E-state index in [1.807, 2.05) is 11.3 Å². The molecule has 0 fully saturated rings. The molecule has 2 aliphatic heterocycles. The van der Waals surface area contributed by atoms with Crippen molar-refractivity contribution in [3.63, 3.8) is 0 Å². The highest BCUT2D eigenvalue weighted by atomic mass is 32.1. The molecular weight excluding hydrogens is 340 g/mol. The van der Waals surface area contributed by atoms with Crippen LogP contribution in [-0.2, 0) is 26.1 Å². The number of hydrogen-bond acceptors (Lipinski definition) is 3. The molecule has 1 N–H and O–H groups in total. The predicted octanol–water partition coefficient (Wildman–Crippen LogP) is 4.46. The van der Waals surface area contributed by atoms with Crippen molar-refractivity contribution in [2.75, 3.05) is 6.54 Å². The van der Waals surface area contributed by atoms with E-state index in [1.54, 1.807) is 0 Å². The van der Waals surface area contributed by atoms with Crippen molar-refractivity contribution in [1.29, 1.82) is 0 Å². The summed E-state index contributed by atoms with van der Waals surface area (Å²) in [6.07, 6.45) is 2.15. The fourth-order valence-electron chi connectivity index (χ4n) is 5.03. The molecule has 0 bridgehead atoms. The summed E-state index contributed by atoms with van der Waals surface area (Å²) in [5, 5.41) is 14.9. The van der Waals surface area contributed by atoms with Crippen LogP contribution in [0.2, 0.25) is 0 Å². The highest BCUT2D eigenvalue weighted by Gasteiger charge is 2.35. The van der Waals surface area contributed by atoms with Gasteiger partial charge < -0.3 is 9.67 Å². The number of aliphatic hydroxyl groups is 1. The molecule has 1 unspecified atom stereocenters. The lowest BCUT2D eigenvalue weighted by molar-refractivity contribution is 0.146. The van der Waals surface area contributed by atoms with Crippen LogP contribution >= 0.6 is 11.3 Å². The third-order valence-electron chi connectivity index (χ3n) is 6.27. The SMILES string of the molecule is OCn1c2c(c3ccccc31)CC1c3cc4sccc4cc3CCN1C2. The number of thiophene rings is 1. The Morgan fingerprint density at radius 3 is 3.00 bits per heavy atom. The Kier molecular flexibility index (Phi) is 3.13. The first-order chi connectivity index (χ1) is 12.8. The number of fused-ring (bicyclic) bond motifs is 7. The van der Waals surface area contributed by atoms with E-state index >= 15 is 0 Å². The van der Waals surface area contributed by atoms with Gasteiger partial charge in [0.2, 0.25) is 0 Å². The van der Waals surface area contributed by atoms with Crippen LogP contribution in [0.15, 0.2) is 47.8 Å². The first kappa shape index (κ1) is 15.0. The number of para-hydroxylation sites is 1. The van der Waals surface area contributed by atoms with E-state index in [-0.39, 0.29) is 6.73 Å². The maximum atomic E-state index is 9.97. The molecule has 0 amide bonds. The normalized spacial score (nSPS) is 19.5. The van der Waals surface area contributed by atoms with Gasteiger partial charge in [0.25, 0.3) is 0 Å². The zero-order chi connectivity index (χ0) is 17.3. The molecule has 0 radical (unpaired) electrons. The Morgan fingerprint density at radius 1 is 1.15 bits per heavy atom. The number of hydrogen-bond donors (Lipinski definition) is 1. The maximum absolute atomic E-state index is 9.97. The number of rotatable bonds is 1. The quantitative estimate of drug-likeness (QED) is 0.543. The lowest BCUT2D eigenvalue weighted by Gasteiger charge is -2.41. The van der Waals surface area contributed by atoms with Crippen LogP contribution in [0.25, 0.3) is 21.0 Å². The molecule has 130 valence electrons. The topological polar surface area (TPSA) is 28.4 Å². The minimum absolute atomic E-state index is 0.0563. The Bertz CT molecular complexity index is 1160. The number of aromatic nitrogens is 1. The maximum Gasteiger partial charge on any atom is 0.120 e. The summed E-state index contributed by atoms with van der Waals surface area (Å²) in [5.74, 6) is 0. The Morgan fingerprint density at radius 2 is 2.08 bits per heavy atom. The van der Waals surface area contributed by atoms with E-state index in [4.69, 9.17) is 0 Å². The molecule has 4 heterocycles. The first-order valence-corrected chi connectivity index (χ1v) is 10.2. The van der Waals surface area contributed by atoms with Crippen molar-refractivity contribution in [3.8, 4) is 0 Å². The number of benzene rings is 2. The zero-order valence-electron chi connectivity index (χ0n) is 14.5. The zero-order valence-corrected chi connectivity index (χ0v) is 15.3. The molecule has 0 aliphatic carbocycles. The molecule has 2 aromatic carbocycles. The molecular formula is C22H20N2OS. The summed E-state index contributed by atoms with van der Waals surface area (Å²) >= 11 is 1.84. The van der Waals surface area contributed by atoms with Gasteiger partial charge in [0.1, 0.15) is 6.73 Å². The third-order valence-corrected chi connectivity index (χ3v) is 7.15. The Hall–Kier alpha value is -2.14. The van der Waals surface area contributed by atoms with Crippen LogP contribution in [0.4, 0.5) is 0 Å². The molecule has 26 heavy (non-hydrogen) atoms. The van der Waals surface area contributed by atoms with E-state index in [2.05, 4.69) is 57.3 Å². The Labute approximate surface area is 156 Å². The van der Waals surface area contributed by atoms with Gasteiger partial charge in [-0.1, -0.05) is 18.2 Å². The minimum Gasteiger partial charge on any atom is -0.376 e. The smallest absolute Gasteiger partial charge is 0.120 e. The van der Waals surface area contributed by atoms with Crippen LogP contribution in [0.1, 0.15) is 28.4 Å². The summed E-state index contributed by atoms with van der Waals surface area (Å²) in [4.78, 5) is 2.61. The summed E-state index contributed by atoms with van der Waals surface area (Å²) in [6.45, 7) is 2.08. The summed E-state index contributed by atoms with van der Waals surface area (Å²) < 4.78 is 3.49. The van der Waals surface area contributed by atoms with Crippen LogP contribution < -0.4 is 0 Å². The molecule has 1 atom stereocenters. The van der Waals surface area contributed by atoms with Gasteiger partial charge in [0.15, 0.2) is 0 Å². The summed E-state index contributed by atoms with van der Waals surface area (Å²) in [7, 11) is 0. The van der Waals surface area contributed by atoms with E-state index in [0.29, 0.717) is 6.04 Å². The van der Waals surface area contributed by atoms with Crippen LogP contribution in [0, 0.1) is 0 Å². The minimum atomic E-state index is 0.0563. The van der Waals surface area contributed by atoms with Gasteiger partial charge in [0, 0.05) is 34.9 Å². The van der Waals surface area contributed by atoms with E-state index < -0.39 is 0 Å². The lowest BCUT2D eigenvalue weighted by atomic mass is 9.85. The standard InChI is InChI=1S/C22H20N2OS/c25-13-24-19-4-2-1-3-16(19)18-10-20-17-11-22-15(6-8-26-22)9-14(17)5-7-23(20)12-21(18)24/h1-4,6,8-9,11,20,25H,5,7,10,12-13H2. The highest BCUT2D eigenvalue weighted by Crippen LogP contribution is 2.43. The van der Waals surface area contributed by atoms with Gasteiger partial charge in [-0.15, -0.1) is 11.3 Å². The number of aliphatic hydroxyl groups excluding tert-OH is 1. The van der Waals surface area contributed by atoms with Gasteiger partial charge in [-0.2, -0.15) is 0 Å². The van der Waals surface area contributed by atoms with Crippen molar-refractivity contribution >= 4 is 32.3 Å². The van der Waals surface area contributed by atoms with E-state index in [1.165, 1.54) is 37.9 Å². The van der Waals surface area contributed by atoms with Crippen molar-refractivity contribution in [1.82, 2.24) is 9.47 Å². The van der Waals surface area contributed by atoms with E-state index in [0.717, 1.165) is 31.4 Å². The van der Waals surface area contributed by atoms with Gasteiger partial charge in [0.05, 0.1) is 5.52 Å². The molecule has 2 aromatic heterocycles. The molecule has 2 aliphatic rings. The second-order valence-corrected chi connectivity index (χ2v) is 8.41. The van der Waals surface area contributed by atoms with Crippen molar-refractivity contribution in [2.24, 2.45) is 0 Å². The summed E-state index contributed by atoms with van der Waals surface area (Å²) in [6, 6.07) is 16.1. The monoisotopic (exact) mass is 360 g/mol. The molecule has 4 heteroatoms. The average Bonchev–Trinajstić information content (AvgIpc) is 3.26. The molecule has 4 aromatic rings. The average molecular weight is 360 g/mol.